The van der Waals surface area contributed by atoms with E-state index in [0.717, 1.165) is 16.5 Å². The molecule has 0 N–H and O–H groups in total. The molecular weight excluding hydrogens is 198 g/mol. The largest absolute Gasteiger partial charge is 0.274 e. The molecule has 1 aromatic heterocycles. The Balaban J connectivity index is 2.95. The van der Waals surface area contributed by atoms with Crippen molar-refractivity contribution in [3.8, 4) is 0 Å². The van der Waals surface area contributed by atoms with Crippen molar-refractivity contribution in [1.82, 2.24) is 4.57 Å². The van der Waals surface area contributed by atoms with Crippen molar-refractivity contribution in [2.24, 2.45) is 0 Å². The Morgan fingerprint density at radius 2 is 2.00 bits per heavy atom. The van der Waals surface area contributed by atoms with Crippen LogP contribution in [-0.4, -0.2) is 10.5 Å². The van der Waals surface area contributed by atoms with Gasteiger partial charge in [-0.2, -0.15) is 0 Å². The van der Waals surface area contributed by atoms with Gasteiger partial charge in [0.25, 0.3) is 0 Å². The fourth-order valence-corrected chi connectivity index (χ4v) is 1.99. The van der Waals surface area contributed by atoms with Gasteiger partial charge < -0.3 is 0 Å². The number of rotatable bonds is 0. The van der Waals surface area contributed by atoms with Crippen LogP contribution in [0.4, 0.5) is 0 Å². The van der Waals surface area contributed by atoms with Gasteiger partial charge in [-0.1, -0.05) is 29.8 Å². The molecule has 3 heteroatoms. The summed E-state index contributed by atoms with van der Waals surface area (Å²) in [6.07, 6.45) is 0. The van der Waals surface area contributed by atoms with Crippen molar-refractivity contribution in [1.29, 1.82) is 0 Å². The first kappa shape index (κ1) is 9.28. The first-order valence-corrected chi connectivity index (χ1v) is 4.77. The molecule has 0 fully saturated rings. The van der Waals surface area contributed by atoms with Crippen molar-refractivity contribution < 1.29 is 4.79 Å². The number of aryl methyl sites for hydroxylation is 1. The molecule has 0 radical (unpaired) electrons. The molecule has 0 aliphatic rings. The van der Waals surface area contributed by atoms with Gasteiger partial charge in [-0.05, 0) is 18.6 Å². The number of carbonyl (C=O) groups is 1. The molecule has 2 aromatic rings. The Morgan fingerprint density at radius 3 is 2.64 bits per heavy atom. The van der Waals surface area contributed by atoms with Gasteiger partial charge in [-0.25, -0.2) is 0 Å². The number of carbonyl (C=O) groups excluding carboxylic acids is 1. The van der Waals surface area contributed by atoms with E-state index in [1.807, 2.05) is 31.2 Å². The summed E-state index contributed by atoms with van der Waals surface area (Å²) < 4.78 is 1.53. The molecule has 0 saturated carbocycles. The topological polar surface area (TPSA) is 22.0 Å². The minimum atomic E-state index is -0.0562. The zero-order valence-electron chi connectivity index (χ0n) is 8.04. The molecule has 1 heterocycles. The van der Waals surface area contributed by atoms with Crippen LogP contribution in [0.3, 0.4) is 0 Å². The summed E-state index contributed by atoms with van der Waals surface area (Å²) in [5.74, 6) is -0.0562. The molecule has 2 rings (SSSR count). The number of hydrogen-bond acceptors (Lipinski definition) is 1. The number of nitrogens with zero attached hydrogens (tertiary/aromatic N) is 1. The lowest BCUT2D eigenvalue weighted by Crippen LogP contribution is -2.04. The lowest BCUT2D eigenvalue weighted by atomic mass is 10.2. The quantitative estimate of drug-likeness (QED) is 0.650. The van der Waals surface area contributed by atoms with Gasteiger partial charge in [-0.3, -0.25) is 9.36 Å². The van der Waals surface area contributed by atoms with Gasteiger partial charge in [0.2, 0.25) is 5.91 Å². The van der Waals surface area contributed by atoms with Crippen LogP contribution < -0.4 is 0 Å². The summed E-state index contributed by atoms with van der Waals surface area (Å²) in [4.78, 5) is 11.4. The van der Waals surface area contributed by atoms with Crippen molar-refractivity contribution in [3.63, 3.8) is 0 Å². The molecular formula is C11H10ClNO. The summed E-state index contributed by atoms with van der Waals surface area (Å²) in [6.45, 7) is 3.43. The van der Waals surface area contributed by atoms with Crippen molar-refractivity contribution >= 4 is 28.4 Å². The molecule has 1 aromatic carbocycles. The molecule has 0 unspecified atom stereocenters. The lowest BCUT2D eigenvalue weighted by molar-refractivity contribution is 0.0942. The minimum absolute atomic E-state index is 0.0562. The third kappa shape index (κ3) is 1.15. The van der Waals surface area contributed by atoms with Crippen LogP contribution in [-0.2, 0) is 0 Å². The molecule has 0 spiro atoms. The molecule has 0 aliphatic heterocycles. The van der Waals surface area contributed by atoms with Crippen LogP contribution in [0.2, 0.25) is 5.15 Å². The highest BCUT2D eigenvalue weighted by Gasteiger charge is 2.13. The second-order valence-corrected chi connectivity index (χ2v) is 3.65. The first-order chi connectivity index (χ1) is 6.63. The van der Waals surface area contributed by atoms with E-state index < -0.39 is 0 Å². The third-order valence-electron chi connectivity index (χ3n) is 2.37. The third-order valence-corrected chi connectivity index (χ3v) is 2.82. The Hall–Kier alpha value is -1.28. The van der Waals surface area contributed by atoms with Gasteiger partial charge in [-0.15, -0.1) is 0 Å². The summed E-state index contributed by atoms with van der Waals surface area (Å²) in [5, 5.41) is 1.55. The number of halogens is 1. The maximum atomic E-state index is 11.4. The number of hydrogen-bond donors (Lipinski definition) is 0. The SMILES string of the molecule is CC(=O)n1c(Cl)c(C)c2ccccc21. The van der Waals surface area contributed by atoms with Crippen LogP contribution in [0.15, 0.2) is 24.3 Å². The minimum Gasteiger partial charge on any atom is -0.274 e. The number of para-hydroxylation sites is 1. The molecule has 0 bridgehead atoms. The van der Waals surface area contributed by atoms with E-state index in [1.165, 1.54) is 11.5 Å². The fourth-order valence-electron chi connectivity index (χ4n) is 1.68. The van der Waals surface area contributed by atoms with Gasteiger partial charge in [0.05, 0.1) is 5.52 Å². The fraction of sp³-hybridized carbons (Fsp3) is 0.182. The average molecular weight is 208 g/mol. The van der Waals surface area contributed by atoms with Crippen molar-refractivity contribution in [3.05, 3.63) is 35.0 Å². The molecule has 14 heavy (non-hydrogen) atoms. The predicted octanol–water partition coefficient (Wildman–Crippen LogP) is 3.26. The Morgan fingerprint density at radius 1 is 1.36 bits per heavy atom. The highest BCUT2D eigenvalue weighted by Crippen LogP contribution is 2.28. The van der Waals surface area contributed by atoms with E-state index in [9.17, 15) is 4.79 Å². The summed E-state index contributed by atoms with van der Waals surface area (Å²) in [6, 6.07) is 7.71. The Bertz CT molecular complexity index is 513. The predicted molar refractivity (Wildman–Crippen MR) is 58.0 cm³/mol. The molecule has 0 atom stereocenters. The van der Waals surface area contributed by atoms with E-state index in [2.05, 4.69) is 0 Å². The zero-order chi connectivity index (χ0) is 10.3. The summed E-state index contributed by atoms with van der Waals surface area (Å²) in [5.41, 5.74) is 1.83. The highest BCUT2D eigenvalue weighted by atomic mass is 35.5. The molecule has 0 aliphatic carbocycles. The van der Waals surface area contributed by atoms with Gasteiger partial charge in [0.1, 0.15) is 5.15 Å². The lowest BCUT2D eigenvalue weighted by Gasteiger charge is -1.99. The monoisotopic (exact) mass is 207 g/mol. The second-order valence-electron chi connectivity index (χ2n) is 3.29. The maximum absolute atomic E-state index is 11.4. The molecule has 72 valence electrons. The maximum Gasteiger partial charge on any atom is 0.229 e. The Kier molecular flexibility index (Phi) is 2.08. The van der Waals surface area contributed by atoms with Crippen LogP contribution in [0, 0.1) is 6.92 Å². The van der Waals surface area contributed by atoms with Crippen LogP contribution >= 0.6 is 11.6 Å². The van der Waals surface area contributed by atoms with E-state index in [0.29, 0.717) is 5.15 Å². The molecule has 2 nitrogen and oxygen atoms in total. The van der Waals surface area contributed by atoms with Gasteiger partial charge >= 0.3 is 0 Å². The standard InChI is InChI=1S/C11H10ClNO/c1-7-9-5-3-4-6-10(9)13(8(2)14)11(7)12/h3-6H,1-2H3. The van der Waals surface area contributed by atoms with E-state index in [1.54, 1.807) is 0 Å². The molecule has 0 saturated heterocycles. The average Bonchev–Trinajstić information content (AvgIpc) is 2.41. The highest BCUT2D eigenvalue weighted by molar-refractivity contribution is 6.33. The van der Waals surface area contributed by atoms with E-state index >= 15 is 0 Å². The van der Waals surface area contributed by atoms with Crippen LogP contribution in [0.5, 0.6) is 0 Å². The number of benzene rings is 1. The summed E-state index contributed by atoms with van der Waals surface area (Å²) in [7, 11) is 0. The van der Waals surface area contributed by atoms with E-state index in [-0.39, 0.29) is 5.91 Å². The first-order valence-electron chi connectivity index (χ1n) is 4.39. The summed E-state index contributed by atoms with van der Waals surface area (Å²) >= 11 is 6.07. The van der Waals surface area contributed by atoms with Gasteiger partial charge in [0.15, 0.2) is 0 Å². The zero-order valence-corrected chi connectivity index (χ0v) is 8.80. The smallest absolute Gasteiger partial charge is 0.229 e. The number of aromatic nitrogens is 1. The van der Waals surface area contributed by atoms with Crippen LogP contribution in [0.25, 0.3) is 10.9 Å². The van der Waals surface area contributed by atoms with Crippen molar-refractivity contribution in [2.45, 2.75) is 13.8 Å². The Labute approximate surface area is 87.1 Å². The van der Waals surface area contributed by atoms with Crippen molar-refractivity contribution in [2.75, 3.05) is 0 Å². The second kappa shape index (κ2) is 3.14. The van der Waals surface area contributed by atoms with Crippen LogP contribution in [0.1, 0.15) is 17.3 Å². The van der Waals surface area contributed by atoms with E-state index in [4.69, 9.17) is 11.6 Å². The van der Waals surface area contributed by atoms with Gasteiger partial charge in [0, 0.05) is 12.3 Å². The normalized spacial score (nSPS) is 10.8. The number of fused-ring (bicyclic) bond motifs is 1. The molecule has 0 amide bonds.